The summed E-state index contributed by atoms with van der Waals surface area (Å²) >= 11 is 0. The number of benzene rings is 1. The van der Waals surface area contributed by atoms with Crippen molar-refractivity contribution in [3.8, 4) is 5.75 Å². The Labute approximate surface area is 108 Å². The first kappa shape index (κ1) is 15.0. The summed E-state index contributed by atoms with van der Waals surface area (Å²) in [6.07, 6.45) is 0.412. The van der Waals surface area contributed by atoms with Crippen LogP contribution < -0.4 is 4.74 Å². The Morgan fingerprint density at radius 2 is 1.78 bits per heavy atom. The summed E-state index contributed by atoms with van der Waals surface area (Å²) in [6.45, 7) is 4.30. The van der Waals surface area contributed by atoms with Crippen LogP contribution in [0, 0.1) is 0 Å². The highest BCUT2D eigenvalue weighted by Crippen LogP contribution is 2.17. The second kappa shape index (κ2) is 8.91. The molecule has 1 atom stereocenters. The third kappa shape index (κ3) is 6.00. The minimum absolute atomic E-state index is 0.437. The SMILES string of the molecule is COCCOCCCOc1ccc([C@H](C)O)cc1. The first-order valence-corrected chi connectivity index (χ1v) is 6.21. The van der Waals surface area contributed by atoms with Gasteiger partial charge in [0.25, 0.3) is 0 Å². The molecule has 1 aromatic carbocycles. The summed E-state index contributed by atoms with van der Waals surface area (Å²) in [5.74, 6) is 0.816. The number of ether oxygens (including phenoxy) is 3. The van der Waals surface area contributed by atoms with Gasteiger partial charge in [-0.05, 0) is 24.6 Å². The van der Waals surface area contributed by atoms with Crippen LogP contribution in [0.25, 0.3) is 0 Å². The number of rotatable bonds is 9. The molecule has 18 heavy (non-hydrogen) atoms. The lowest BCUT2D eigenvalue weighted by Gasteiger charge is -2.08. The van der Waals surface area contributed by atoms with Crippen molar-refractivity contribution in [2.75, 3.05) is 33.5 Å². The van der Waals surface area contributed by atoms with Gasteiger partial charge in [0.05, 0.1) is 25.9 Å². The van der Waals surface area contributed by atoms with Crippen molar-refractivity contribution >= 4 is 0 Å². The third-order valence-corrected chi connectivity index (χ3v) is 2.50. The molecule has 102 valence electrons. The van der Waals surface area contributed by atoms with Crippen LogP contribution in [0.4, 0.5) is 0 Å². The second-order valence-corrected chi connectivity index (χ2v) is 4.05. The van der Waals surface area contributed by atoms with Crippen molar-refractivity contribution < 1.29 is 19.3 Å². The Hall–Kier alpha value is -1.10. The molecule has 0 aromatic heterocycles. The highest BCUT2D eigenvalue weighted by Gasteiger charge is 2.00. The van der Waals surface area contributed by atoms with E-state index in [1.54, 1.807) is 14.0 Å². The van der Waals surface area contributed by atoms with Crippen LogP contribution >= 0.6 is 0 Å². The van der Waals surface area contributed by atoms with Crippen LogP contribution in [0.15, 0.2) is 24.3 Å². The Bertz CT molecular complexity index is 308. The lowest BCUT2D eigenvalue weighted by Crippen LogP contribution is -2.06. The molecule has 4 heteroatoms. The molecule has 0 saturated heterocycles. The van der Waals surface area contributed by atoms with Gasteiger partial charge in [0.2, 0.25) is 0 Å². The molecule has 1 aromatic rings. The van der Waals surface area contributed by atoms with Gasteiger partial charge in [-0.2, -0.15) is 0 Å². The highest BCUT2D eigenvalue weighted by atomic mass is 16.5. The molecule has 0 aliphatic rings. The highest BCUT2D eigenvalue weighted by molar-refractivity contribution is 5.28. The maximum Gasteiger partial charge on any atom is 0.119 e. The molecule has 1 N–H and O–H groups in total. The van der Waals surface area contributed by atoms with E-state index in [1.165, 1.54) is 0 Å². The van der Waals surface area contributed by atoms with E-state index in [0.717, 1.165) is 17.7 Å². The van der Waals surface area contributed by atoms with E-state index in [9.17, 15) is 5.11 Å². The van der Waals surface area contributed by atoms with Crippen LogP contribution in [0.1, 0.15) is 25.0 Å². The third-order valence-electron chi connectivity index (χ3n) is 2.50. The van der Waals surface area contributed by atoms with Crippen LogP contribution in [0.2, 0.25) is 0 Å². The molecule has 0 bridgehead atoms. The standard InChI is InChI=1S/C14H22O4/c1-12(15)13-4-6-14(7-5-13)18-9-3-8-17-11-10-16-2/h4-7,12,15H,3,8-11H2,1-2H3/t12-/m0/s1. The van der Waals surface area contributed by atoms with Gasteiger partial charge in [-0.1, -0.05) is 12.1 Å². The average molecular weight is 254 g/mol. The zero-order valence-electron chi connectivity index (χ0n) is 11.1. The normalized spacial score (nSPS) is 12.4. The van der Waals surface area contributed by atoms with E-state index in [0.29, 0.717) is 26.4 Å². The maximum atomic E-state index is 9.36. The topological polar surface area (TPSA) is 47.9 Å². The molecule has 0 aliphatic carbocycles. The fourth-order valence-electron chi connectivity index (χ4n) is 1.44. The monoisotopic (exact) mass is 254 g/mol. The Kier molecular flexibility index (Phi) is 7.41. The first-order valence-electron chi connectivity index (χ1n) is 6.21. The van der Waals surface area contributed by atoms with Gasteiger partial charge in [0, 0.05) is 20.1 Å². The maximum absolute atomic E-state index is 9.36. The fourth-order valence-corrected chi connectivity index (χ4v) is 1.44. The summed E-state index contributed by atoms with van der Waals surface area (Å²) < 4.78 is 15.8. The van der Waals surface area contributed by atoms with Crippen LogP contribution in [-0.2, 0) is 9.47 Å². The molecule has 0 spiro atoms. The lowest BCUT2D eigenvalue weighted by molar-refractivity contribution is 0.0644. The van der Waals surface area contributed by atoms with Gasteiger partial charge in [0.15, 0.2) is 0 Å². The largest absolute Gasteiger partial charge is 0.494 e. The molecule has 0 heterocycles. The van der Waals surface area contributed by atoms with Crippen LogP contribution in [-0.4, -0.2) is 38.6 Å². The van der Waals surface area contributed by atoms with Gasteiger partial charge < -0.3 is 19.3 Å². The van der Waals surface area contributed by atoms with E-state index < -0.39 is 6.10 Å². The summed E-state index contributed by atoms with van der Waals surface area (Å²) in [7, 11) is 1.66. The van der Waals surface area contributed by atoms with E-state index in [-0.39, 0.29) is 0 Å². The minimum atomic E-state index is -0.437. The van der Waals surface area contributed by atoms with Gasteiger partial charge in [-0.15, -0.1) is 0 Å². The number of methoxy groups -OCH3 is 1. The van der Waals surface area contributed by atoms with Crippen molar-refractivity contribution in [3.63, 3.8) is 0 Å². The number of hydrogen-bond donors (Lipinski definition) is 1. The van der Waals surface area contributed by atoms with Crippen LogP contribution in [0.3, 0.4) is 0 Å². The second-order valence-electron chi connectivity index (χ2n) is 4.05. The van der Waals surface area contributed by atoms with E-state index in [4.69, 9.17) is 14.2 Å². The van der Waals surface area contributed by atoms with E-state index >= 15 is 0 Å². The van der Waals surface area contributed by atoms with Crippen molar-refractivity contribution in [1.29, 1.82) is 0 Å². The smallest absolute Gasteiger partial charge is 0.119 e. The summed E-state index contributed by atoms with van der Waals surface area (Å²) in [6, 6.07) is 7.48. The lowest BCUT2D eigenvalue weighted by atomic mass is 10.1. The van der Waals surface area contributed by atoms with Crippen molar-refractivity contribution in [1.82, 2.24) is 0 Å². The molecule has 4 nitrogen and oxygen atoms in total. The van der Waals surface area contributed by atoms with Crippen LogP contribution in [0.5, 0.6) is 5.75 Å². The minimum Gasteiger partial charge on any atom is -0.494 e. The van der Waals surface area contributed by atoms with Gasteiger partial charge >= 0.3 is 0 Å². The van der Waals surface area contributed by atoms with E-state index in [2.05, 4.69) is 0 Å². The Morgan fingerprint density at radius 1 is 1.06 bits per heavy atom. The average Bonchev–Trinajstić information content (AvgIpc) is 2.38. The predicted molar refractivity (Wildman–Crippen MR) is 69.9 cm³/mol. The molecule has 1 rings (SSSR count). The number of aliphatic hydroxyl groups is 1. The zero-order chi connectivity index (χ0) is 13.2. The van der Waals surface area contributed by atoms with Crippen molar-refractivity contribution in [2.45, 2.75) is 19.4 Å². The summed E-state index contributed by atoms with van der Waals surface area (Å²) in [5.41, 5.74) is 0.894. The first-order chi connectivity index (χ1) is 8.74. The van der Waals surface area contributed by atoms with Crippen molar-refractivity contribution in [3.05, 3.63) is 29.8 Å². The van der Waals surface area contributed by atoms with Gasteiger partial charge in [0.1, 0.15) is 5.75 Å². The molecule has 0 amide bonds. The number of aliphatic hydroxyl groups excluding tert-OH is 1. The summed E-state index contributed by atoms with van der Waals surface area (Å²) in [4.78, 5) is 0. The Balaban J connectivity index is 2.12. The molecule has 0 radical (unpaired) electrons. The van der Waals surface area contributed by atoms with Gasteiger partial charge in [-0.25, -0.2) is 0 Å². The molecular formula is C14H22O4. The predicted octanol–water partition coefficient (Wildman–Crippen LogP) is 2.17. The van der Waals surface area contributed by atoms with Crippen molar-refractivity contribution in [2.24, 2.45) is 0 Å². The molecule has 0 unspecified atom stereocenters. The molecule has 0 fully saturated rings. The summed E-state index contributed by atoms with van der Waals surface area (Å²) in [5, 5.41) is 9.36. The fraction of sp³-hybridized carbons (Fsp3) is 0.571. The van der Waals surface area contributed by atoms with E-state index in [1.807, 2.05) is 24.3 Å². The zero-order valence-corrected chi connectivity index (χ0v) is 11.1. The quantitative estimate of drug-likeness (QED) is 0.686. The number of hydrogen-bond acceptors (Lipinski definition) is 4. The molecule has 0 aliphatic heterocycles. The molecular weight excluding hydrogens is 232 g/mol. The van der Waals surface area contributed by atoms with Gasteiger partial charge in [-0.3, -0.25) is 0 Å². The Morgan fingerprint density at radius 3 is 2.39 bits per heavy atom. The molecule has 0 saturated carbocycles.